The van der Waals surface area contributed by atoms with Gasteiger partial charge in [-0.05, 0) is 27.7 Å². The number of rotatable bonds is 5. The summed E-state index contributed by atoms with van der Waals surface area (Å²) in [5.41, 5.74) is 0. The summed E-state index contributed by atoms with van der Waals surface area (Å²) in [5.74, 6) is -0.303. The van der Waals surface area contributed by atoms with Crippen molar-refractivity contribution in [2.45, 2.75) is 39.8 Å². The van der Waals surface area contributed by atoms with Crippen molar-refractivity contribution in [2.24, 2.45) is 0 Å². The lowest BCUT2D eigenvalue weighted by atomic mass is 10.2. The fraction of sp³-hybridized carbons (Fsp3) is 0.846. The predicted octanol–water partition coefficient (Wildman–Crippen LogP) is -0.424. The van der Waals surface area contributed by atoms with Gasteiger partial charge in [0.05, 0.1) is 11.8 Å². The summed E-state index contributed by atoms with van der Waals surface area (Å²) in [6.45, 7) is 8.62. The lowest BCUT2D eigenvalue weighted by Gasteiger charge is -2.36. The number of sulfonamides is 1. The van der Waals surface area contributed by atoms with Gasteiger partial charge in [-0.25, -0.2) is 13.2 Å². The number of imide groups is 1. The first-order valence-corrected chi connectivity index (χ1v) is 9.11. The topological polar surface area (TPSA) is 98.8 Å². The number of hydrogen-bond donors (Lipinski definition) is 2. The van der Waals surface area contributed by atoms with E-state index in [2.05, 4.69) is 10.6 Å². The van der Waals surface area contributed by atoms with Gasteiger partial charge in [0.25, 0.3) is 0 Å². The molecule has 0 aromatic carbocycles. The Kier molecular flexibility index (Phi) is 6.76. The van der Waals surface area contributed by atoms with Crippen molar-refractivity contribution >= 4 is 22.0 Å². The molecule has 3 amide bonds. The number of amides is 3. The maximum Gasteiger partial charge on any atom is 0.321 e. The van der Waals surface area contributed by atoms with Crippen LogP contribution in [-0.4, -0.2) is 73.6 Å². The molecule has 1 aliphatic rings. The van der Waals surface area contributed by atoms with E-state index in [1.807, 2.05) is 4.90 Å². The lowest BCUT2D eigenvalue weighted by Crippen LogP contribution is -2.56. The summed E-state index contributed by atoms with van der Waals surface area (Å²) in [7, 11) is -3.18. The number of nitrogens with zero attached hydrogens (tertiary/aromatic N) is 2. The molecule has 128 valence electrons. The van der Waals surface area contributed by atoms with Gasteiger partial charge in [0.15, 0.2) is 0 Å². The van der Waals surface area contributed by atoms with Crippen LogP contribution in [0.5, 0.6) is 0 Å². The van der Waals surface area contributed by atoms with Crippen molar-refractivity contribution in [2.75, 3.05) is 31.9 Å². The minimum Gasteiger partial charge on any atom is -0.336 e. The Morgan fingerprint density at radius 2 is 1.64 bits per heavy atom. The second kappa shape index (κ2) is 7.89. The third-order valence-corrected chi connectivity index (χ3v) is 5.50. The second-order valence-electron chi connectivity index (χ2n) is 5.63. The molecule has 1 aliphatic heterocycles. The Balaban J connectivity index is 2.50. The van der Waals surface area contributed by atoms with Crippen LogP contribution in [0.1, 0.15) is 27.7 Å². The SMILES string of the molecule is CCS(=O)(=O)N1CCN([C@@H](C)C(=O)NC(=O)NC(C)C)CC1. The minimum atomic E-state index is -3.18. The highest BCUT2D eigenvalue weighted by Gasteiger charge is 2.30. The Bertz CT molecular complexity index is 498. The largest absolute Gasteiger partial charge is 0.336 e. The molecule has 0 aromatic rings. The summed E-state index contributed by atoms with van der Waals surface area (Å²) >= 11 is 0. The molecule has 22 heavy (non-hydrogen) atoms. The summed E-state index contributed by atoms with van der Waals surface area (Å²) in [4.78, 5) is 25.4. The molecule has 0 unspecified atom stereocenters. The molecule has 1 heterocycles. The van der Waals surface area contributed by atoms with Crippen LogP contribution in [0.3, 0.4) is 0 Å². The highest BCUT2D eigenvalue weighted by Crippen LogP contribution is 2.10. The van der Waals surface area contributed by atoms with Gasteiger partial charge >= 0.3 is 6.03 Å². The minimum absolute atomic E-state index is 0.0501. The Hall–Kier alpha value is -1.19. The zero-order chi connectivity index (χ0) is 16.9. The molecular formula is C13H26N4O4S. The summed E-state index contributed by atoms with van der Waals surface area (Å²) in [6.07, 6.45) is 0. The summed E-state index contributed by atoms with van der Waals surface area (Å²) in [5, 5.41) is 4.89. The lowest BCUT2D eigenvalue weighted by molar-refractivity contribution is -0.125. The van der Waals surface area contributed by atoms with Gasteiger partial charge in [0.1, 0.15) is 0 Å². The highest BCUT2D eigenvalue weighted by molar-refractivity contribution is 7.89. The van der Waals surface area contributed by atoms with Crippen molar-refractivity contribution in [3.05, 3.63) is 0 Å². The van der Waals surface area contributed by atoms with Gasteiger partial charge in [0, 0.05) is 32.2 Å². The van der Waals surface area contributed by atoms with Gasteiger partial charge < -0.3 is 5.32 Å². The molecule has 1 fully saturated rings. The summed E-state index contributed by atoms with van der Waals surface area (Å²) in [6, 6.07) is -1.05. The second-order valence-corrected chi connectivity index (χ2v) is 7.89. The molecule has 0 saturated carbocycles. The van der Waals surface area contributed by atoms with Crippen molar-refractivity contribution in [1.29, 1.82) is 0 Å². The number of nitrogens with one attached hydrogen (secondary N) is 2. The van der Waals surface area contributed by atoms with Gasteiger partial charge in [-0.1, -0.05) is 0 Å². The molecule has 0 aliphatic carbocycles. The zero-order valence-electron chi connectivity index (χ0n) is 13.6. The van der Waals surface area contributed by atoms with E-state index in [9.17, 15) is 18.0 Å². The maximum absolute atomic E-state index is 12.0. The van der Waals surface area contributed by atoms with E-state index >= 15 is 0 Å². The molecule has 0 radical (unpaired) electrons. The Labute approximate surface area is 132 Å². The van der Waals surface area contributed by atoms with Gasteiger partial charge in [-0.2, -0.15) is 4.31 Å². The number of piperazine rings is 1. The average molecular weight is 334 g/mol. The van der Waals surface area contributed by atoms with Crippen LogP contribution in [-0.2, 0) is 14.8 Å². The van der Waals surface area contributed by atoms with Crippen LogP contribution in [0.25, 0.3) is 0 Å². The number of urea groups is 1. The molecule has 1 saturated heterocycles. The first-order chi connectivity index (χ1) is 10.2. The van der Waals surface area contributed by atoms with Gasteiger partial charge in [-0.3, -0.25) is 15.0 Å². The molecule has 0 bridgehead atoms. The molecule has 1 rings (SSSR count). The highest BCUT2D eigenvalue weighted by atomic mass is 32.2. The van der Waals surface area contributed by atoms with Crippen molar-refractivity contribution in [3.63, 3.8) is 0 Å². The van der Waals surface area contributed by atoms with Gasteiger partial charge in [-0.15, -0.1) is 0 Å². The van der Waals surface area contributed by atoms with E-state index in [-0.39, 0.29) is 17.7 Å². The van der Waals surface area contributed by atoms with Crippen LogP contribution < -0.4 is 10.6 Å². The van der Waals surface area contributed by atoms with Crippen LogP contribution in [0, 0.1) is 0 Å². The van der Waals surface area contributed by atoms with Crippen molar-refractivity contribution in [3.8, 4) is 0 Å². The fourth-order valence-electron chi connectivity index (χ4n) is 2.23. The molecule has 0 spiro atoms. The van der Waals surface area contributed by atoms with E-state index < -0.39 is 22.1 Å². The Morgan fingerprint density at radius 3 is 2.09 bits per heavy atom. The summed E-state index contributed by atoms with van der Waals surface area (Å²) < 4.78 is 25.0. The standard InChI is InChI=1S/C13H26N4O4S/c1-5-22(20,21)17-8-6-16(7-9-17)11(4)12(18)15-13(19)14-10(2)3/h10-11H,5-9H2,1-4H3,(H2,14,15,18,19)/t11-/m0/s1. The van der Waals surface area contributed by atoms with Crippen LogP contribution >= 0.6 is 0 Å². The van der Waals surface area contributed by atoms with E-state index in [1.54, 1.807) is 27.7 Å². The van der Waals surface area contributed by atoms with Crippen molar-refractivity contribution in [1.82, 2.24) is 19.8 Å². The number of hydrogen-bond acceptors (Lipinski definition) is 5. The Morgan fingerprint density at radius 1 is 1.09 bits per heavy atom. The van der Waals surface area contributed by atoms with E-state index in [0.717, 1.165) is 0 Å². The zero-order valence-corrected chi connectivity index (χ0v) is 14.4. The quantitative estimate of drug-likeness (QED) is 0.711. The monoisotopic (exact) mass is 334 g/mol. The third kappa shape index (κ3) is 5.22. The maximum atomic E-state index is 12.0. The molecule has 1 atom stereocenters. The van der Waals surface area contributed by atoms with Crippen molar-refractivity contribution < 1.29 is 18.0 Å². The van der Waals surface area contributed by atoms with Crippen LogP contribution in [0.4, 0.5) is 4.79 Å². The first kappa shape index (κ1) is 18.9. The van der Waals surface area contributed by atoms with E-state index in [4.69, 9.17) is 0 Å². The number of carbonyl (C=O) groups excluding carboxylic acids is 2. The van der Waals surface area contributed by atoms with E-state index in [1.165, 1.54) is 4.31 Å². The average Bonchev–Trinajstić information content (AvgIpc) is 2.45. The molecule has 2 N–H and O–H groups in total. The number of carbonyl (C=O) groups is 2. The molecule has 8 nitrogen and oxygen atoms in total. The molecule has 0 aromatic heterocycles. The predicted molar refractivity (Wildman–Crippen MR) is 83.9 cm³/mol. The molecular weight excluding hydrogens is 308 g/mol. The first-order valence-electron chi connectivity index (χ1n) is 7.50. The third-order valence-electron chi connectivity index (χ3n) is 3.62. The molecule has 9 heteroatoms. The van der Waals surface area contributed by atoms with Crippen LogP contribution in [0.15, 0.2) is 0 Å². The normalized spacial score (nSPS) is 19.0. The van der Waals surface area contributed by atoms with Crippen LogP contribution in [0.2, 0.25) is 0 Å². The smallest absolute Gasteiger partial charge is 0.321 e. The van der Waals surface area contributed by atoms with Gasteiger partial charge in [0.2, 0.25) is 15.9 Å². The fourth-order valence-corrected chi connectivity index (χ4v) is 3.32. The van der Waals surface area contributed by atoms with E-state index in [0.29, 0.717) is 26.2 Å².